The smallest absolute Gasteiger partial charge is 0.262 e. The highest BCUT2D eigenvalue weighted by atomic mass is 19.1. The molecule has 0 spiro atoms. The number of fused-ring (bicyclic) bond motifs is 1. The first-order valence-electron chi connectivity index (χ1n) is 36.0. The van der Waals surface area contributed by atoms with Crippen LogP contribution in [0.4, 0.5) is 14.5 Å². The van der Waals surface area contributed by atoms with Crippen molar-refractivity contribution in [1.29, 1.82) is 0 Å². The molecule has 2 atom stereocenters. The molecule has 5 aromatic carbocycles. The van der Waals surface area contributed by atoms with E-state index >= 15 is 0 Å². The minimum atomic E-state index is -0.294. The summed E-state index contributed by atoms with van der Waals surface area (Å²) in [5.74, 6) is 2.50. The maximum atomic E-state index is 12.7. The van der Waals surface area contributed by atoms with Gasteiger partial charge in [0, 0.05) is 91.6 Å². The summed E-state index contributed by atoms with van der Waals surface area (Å²) in [6.45, 7) is 31.6. The fourth-order valence-electron chi connectivity index (χ4n) is 13.3. The number of benzene rings is 5. The fraction of sp³-hybridized carbons (Fsp3) is 0.550. The molecular weight excluding hydrogens is 1230 g/mol. The summed E-state index contributed by atoms with van der Waals surface area (Å²) in [5.41, 5.74) is 8.35. The highest BCUT2D eigenvalue weighted by Crippen LogP contribution is 2.31. The number of carbonyl (C=O) groups excluding carboxylic acids is 6. The number of methoxy groups -OCH3 is 2. The van der Waals surface area contributed by atoms with Gasteiger partial charge in [0.1, 0.15) is 28.9 Å². The first kappa shape index (κ1) is 79.0. The number of ketones is 5. The quantitative estimate of drug-likeness (QED) is 0.0653. The van der Waals surface area contributed by atoms with Crippen molar-refractivity contribution in [2.45, 2.75) is 158 Å². The summed E-state index contributed by atoms with van der Waals surface area (Å²) in [5, 5.41) is 2.73. The number of rotatable bonds is 22. The van der Waals surface area contributed by atoms with Crippen molar-refractivity contribution in [3.63, 3.8) is 0 Å². The number of halogens is 2. The van der Waals surface area contributed by atoms with Crippen LogP contribution in [-0.4, -0.2) is 178 Å². The van der Waals surface area contributed by atoms with E-state index in [0.29, 0.717) is 47.4 Å². The van der Waals surface area contributed by atoms with Gasteiger partial charge in [-0.3, -0.25) is 28.8 Å². The zero-order valence-electron chi connectivity index (χ0n) is 60.1. The summed E-state index contributed by atoms with van der Waals surface area (Å²) in [7, 11) is 3.33. The molecular formula is C80H112F2N6O9. The minimum Gasteiger partial charge on any atom is -0.496 e. The molecule has 530 valence electrons. The topological polar surface area (TPSA) is 158 Å². The number of Topliss-reactive ketones (excluding diaryl/α,β-unsaturated/α-hetero) is 5. The van der Waals surface area contributed by atoms with Crippen molar-refractivity contribution < 1.29 is 51.8 Å². The summed E-state index contributed by atoms with van der Waals surface area (Å²) < 4.78 is 41.3. The number of carbonyl (C=O) groups is 6. The van der Waals surface area contributed by atoms with Crippen LogP contribution in [0.1, 0.15) is 204 Å². The number of piperidine rings is 3. The summed E-state index contributed by atoms with van der Waals surface area (Å²) in [4.78, 5) is 84.4. The fourth-order valence-corrected chi connectivity index (χ4v) is 13.3. The Morgan fingerprint density at radius 1 is 0.443 bits per heavy atom. The monoisotopic (exact) mass is 1340 g/mol. The Morgan fingerprint density at radius 2 is 0.763 bits per heavy atom. The van der Waals surface area contributed by atoms with Crippen LogP contribution in [0.3, 0.4) is 0 Å². The van der Waals surface area contributed by atoms with Gasteiger partial charge >= 0.3 is 0 Å². The van der Waals surface area contributed by atoms with E-state index in [-0.39, 0.29) is 64.9 Å². The van der Waals surface area contributed by atoms with Crippen LogP contribution in [0.5, 0.6) is 17.2 Å². The van der Waals surface area contributed by atoms with Crippen LogP contribution in [0, 0.1) is 51.2 Å². The average molecular weight is 1340 g/mol. The normalized spacial score (nSPS) is 17.1. The second kappa shape index (κ2) is 42.1. The van der Waals surface area contributed by atoms with E-state index in [4.69, 9.17) is 14.2 Å². The predicted molar refractivity (Wildman–Crippen MR) is 386 cm³/mol. The Hall–Kier alpha value is -7.02. The SMILES string of the molecule is CC.COc1ccc(C(=O)C(C)CN2CCCC2)c(C)c1C.COc1ccc(C(=O)C(C)CN2CCCC2)c(C)c1C.O=C(CCN1CCCCC1)c1ccc(F)cc1.O=C(CCN1CCCCC1)c1ccc(F)cc1.O=C1COc2ccc(C(=O)CCN3CCCCC3)cc2N1. The second-order valence-corrected chi connectivity index (χ2v) is 26.5. The summed E-state index contributed by atoms with van der Waals surface area (Å²) in [6, 6.07) is 24.5. The number of nitrogens with zero attached hydrogens (tertiary/aromatic N) is 5. The van der Waals surface area contributed by atoms with E-state index in [1.54, 1.807) is 56.7 Å². The molecule has 1 N–H and O–H groups in total. The second-order valence-electron chi connectivity index (χ2n) is 26.5. The molecule has 1 amide bonds. The summed E-state index contributed by atoms with van der Waals surface area (Å²) >= 11 is 0. The van der Waals surface area contributed by atoms with Crippen molar-refractivity contribution in [1.82, 2.24) is 24.5 Å². The van der Waals surface area contributed by atoms with Crippen LogP contribution in [0.15, 0.2) is 91.0 Å². The third-order valence-electron chi connectivity index (χ3n) is 19.4. The van der Waals surface area contributed by atoms with Crippen molar-refractivity contribution in [2.75, 3.05) is 124 Å². The van der Waals surface area contributed by atoms with Gasteiger partial charge in [0.2, 0.25) is 0 Å². The predicted octanol–water partition coefficient (Wildman–Crippen LogP) is 15.3. The molecule has 6 heterocycles. The maximum absolute atomic E-state index is 12.7. The maximum Gasteiger partial charge on any atom is 0.262 e. The third kappa shape index (κ3) is 25.7. The Balaban J connectivity index is 0.000000191. The van der Waals surface area contributed by atoms with Gasteiger partial charge in [-0.1, -0.05) is 47.0 Å². The van der Waals surface area contributed by atoms with Crippen LogP contribution in [0.25, 0.3) is 0 Å². The van der Waals surface area contributed by atoms with Gasteiger partial charge in [0.05, 0.1) is 19.9 Å². The number of likely N-dealkylation sites (tertiary alicyclic amines) is 5. The lowest BCUT2D eigenvalue weighted by Crippen LogP contribution is -2.31. The molecule has 6 aliphatic rings. The molecule has 11 rings (SSSR count). The lowest BCUT2D eigenvalue weighted by atomic mass is 9.92. The first-order valence-corrected chi connectivity index (χ1v) is 36.0. The van der Waals surface area contributed by atoms with Gasteiger partial charge in [0.15, 0.2) is 35.5 Å². The van der Waals surface area contributed by atoms with Gasteiger partial charge in [-0.15, -0.1) is 0 Å². The molecule has 0 saturated carbocycles. The van der Waals surface area contributed by atoms with Gasteiger partial charge in [0.25, 0.3) is 5.91 Å². The van der Waals surface area contributed by atoms with Crippen molar-refractivity contribution in [3.8, 4) is 17.2 Å². The number of amides is 1. The van der Waals surface area contributed by atoms with Crippen LogP contribution in [-0.2, 0) is 4.79 Å². The standard InChI is InChI=1S/2C17H25NO2.C16H20N2O3.2C14H18FNO.C2H6/c2*1-12(11-18-9-5-6-10-18)17(19)15-7-8-16(20-4)14(3)13(15)2;19-14(6-9-18-7-2-1-3-8-18)12-4-5-15-13(10-12)17-16(20)11-21-15;2*15-13-6-4-12(5-7-13)14(17)8-11-16-9-2-1-3-10-16;1-2/h2*7-8,12H,5-6,9-11H2,1-4H3;4-5,10H,1-3,6-9,11H2,(H,17,20);2*4-7H,1-3,8-11H2;1-2H3. The van der Waals surface area contributed by atoms with Crippen molar-refractivity contribution in [3.05, 3.63) is 153 Å². The summed E-state index contributed by atoms with van der Waals surface area (Å²) in [6.07, 6.45) is 18.0. The van der Waals surface area contributed by atoms with Crippen molar-refractivity contribution in [2.24, 2.45) is 11.8 Å². The number of nitrogens with one attached hydrogen (secondary N) is 1. The van der Waals surface area contributed by atoms with E-state index in [1.807, 2.05) is 79.7 Å². The Kier molecular flexibility index (Phi) is 34.2. The molecule has 6 aliphatic heterocycles. The van der Waals surface area contributed by atoms with E-state index in [0.717, 1.165) is 143 Å². The Morgan fingerprint density at radius 3 is 1.11 bits per heavy atom. The molecule has 5 saturated heterocycles. The Bertz CT molecular complexity index is 3110. The van der Waals surface area contributed by atoms with Crippen LogP contribution >= 0.6 is 0 Å². The molecule has 0 aliphatic carbocycles. The third-order valence-corrected chi connectivity index (χ3v) is 19.4. The molecule has 0 aromatic heterocycles. The number of hydrogen-bond donors (Lipinski definition) is 1. The lowest BCUT2D eigenvalue weighted by Gasteiger charge is -2.26. The molecule has 2 unspecified atom stereocenters. The number of anilines is 1. The zero-order valence-corrected chi connectivity index (χ0v) is 60.1. The lowest BCUT2D eigenvalue weighted by molar-refractivity contribution is -0.118. The largest absolute Gasteiger partial charge is 0.496 e. The Labute approximate surface area is 578 Å². The number of hydrogen-bond acceptors (Lipinski definition) is 14. The highest BCUT2D eigenvalue weighted by Gasteiger charge is 2.26. The zero-order chi connectivity index (χ0) is 70.2. The van der Waals surface area contributed by atoms with Gasteiger partial charge in [-0.05, 0) is 271 Å². The average Bonchev–Trinajstić information content (AvgIpc) is 1.04. The first-order chi connectivity index (χ1) is 46.8. The molecule has 0 radical (unpaired) electrons. The van der Waals surface area contributed by atoms with E-state index in [9.17, 15) is 37.5 Å². The van der Waals surface area contributed by atoms with Gasteiger partial charge < -0.3 is 44.0 Å². The number of ether oxygens (including phenoxy) is 3. The molecule has 0 bridgehead atoms. The molecule has 17 heteroatoms. The van der Waals surface area contributed by atoms with Gasteiger partial charge in [-0.2, -0.15) is 0 Å². The molecule has 15 nitrogen and oxygen atoms in total. The minimum absolute atomic E-state index is 0.0370. The molecule has 97 heavy (non-hydrogen) atoms. The van der Waals surface area contributed by atoms with Gasteiger partial charge in [-0.25, -0.2) is 8.78 Å². The van der Waals surface area contributed by atoms with E-state index in [1.165, 1.54) is 108 Å². The molecule has 5 fully saturated rings. The van der Waals surface area contributed by atoms with Crippen LogP contribution < -0.4 is 19.5 Å². The van der Waals surface area contributed by atoms with Crippen molar-refractivity contribution >= 4 is 40.5 Å². The van der Waals surface area contributed by atoms with Crippen LogP contribution in [0.2, 0.25) is 0 Å². The molecule has 5 aromatic rings. The van der Waals surface area contributed by atoms with E-state index < -0.39 is 0 Å². The van der Waals surface area contributed by atoms with E-state index in [2.05, 4.69) is 29.8 Å². The highest BCUT2D eigenvalue weighted by molar-refractivity contribution is 6.02.